The molecule has 0 fully saturated rings. The van der Waals surface area contributed by atoms with Crippen LogP contribution in [0.4, 0.5) is 5.69 Å². The van der Waals surface area contributed by atoms with Crippen LogP contribution in [-0.2, 0) is 10.0 Å². The number of thiazole rings is 1. The number of carbonyl (C=O) groups is 1. The number of aryl methyl sites for hydroxylation is 1. The first kappa shape index (κ1) is 20.5. The molecule has 8 heteroatoms. The number of amides is 1. The Kier molecular flexibility index (Phi) is 6.21. The van der Waals surface area contributed by atoms with Crippen molar-refractivity contribution in [2.24, 2.45) is 0 Å². The number of nitrogens with zero attached hydrogens (tertiary/aromatic N) is 2. The van der Waals surface area contributed by atoms with E-state index in [9.17, 15) is 13.2 Å². The molecule has 142 valence electrons. The fourth-order valence-electron chi connectivity index (χ4n) is 2.22. The van der Waals surface area contributed by atoms with Gasteiger partial charge in [0.25, 0.3) is 5.91 Å². The Morgan fingerprint density at radius 2 is 1.73 bits per heavy atom. The Morgan fingerprint density at radius 1 is 1.15 bits per heavy atom. The molecule has 2 aromatic rings. The number of hydrogen-bond acceptors (Lipinski definition) is 5. The van der Waals surface area contributed by atoms with Gasteiger partial charge in [-0.2, -0.15) is 4.31 Å². The molecule has 2 rings (SSSR count). The standard InChI is InChI=1S/C18H25N3O3S2/c1-11(2)18-19-13(5)16(25-18)17(22)20-14-7-9-15(10-8-14)26(23,24)21(6)12(3)4/h7-12H,1-6H3,(H,20,22). The van der Waals surface area contributed by atoms with Gasteiger partial charge in [0.2, 0.25) is 10.0 Å². The van der Waals surface area contributed by atoms with Crippen LogP contribution in [0.5, 0.6) is 0 Å². The zero-order chi connectivity index (χ0) is 19.6. The molecule has 1 aromatic heterocycles. The van der Waals surface area contributed by atoms with Gasteiger partial charge in [0.15, 0.2) is 0 Å². The Bertz CT molecular complexity index is 885. The van der Waals surface area contributed by atoms with Crippen molar-refractivity contribution in [2.75, 3.05) is 12.4 Å². The molecule has 0 aliphatic heterocycles. The number of anilines is 1. The molecule has 1 aromatic carbocycles. The van der Waals surface area contributed by atoms with Gasteiger partial charge in [-0.25, -0.2) is 13.4 Å². The highest BCUT2D eigenvalue weighted by Crippen LogP contribution is 2.26. The van der Waals surface area contributed by atoms with Crippen LogP contribution in [-0.4, -0.2) is 36.7 Å². The summed E-state index contributed by atoms with van der Waals surface area (Å²) in [5, 5.41) is 3.73. The van der Waals surface area contributed by atoms with Gasteiger partial charge in [0, 0.05) is 24.7 Å². The van der Waals surface area contributed by atoms with E-state index in [0.29, 0.717) is 16.3 Å². The van der Waals surface area contributed by atoms with Crippen LogP contribution < -0.4 is 5.32 Å². The monoisotopic (exact) mass is 395 g/mol. The van der Waals surface area contributed by atoms with Crippen molar-refractivity contribution < 1.29 is 13.2 Å². The van der Waals surface area contributed by atoms with Crippen LogP contribution in [0.3, 0.4) is 0 Å². The first-order valence-corrected chi connectivity index (χ1v) is 10.7. The van der Waals surface area contributed by atoms with Crippen molar-refractivity contribution in [3.8, 4) is 0 Å². The summed E-state index contributed by atoms with van der Waals surface area (Å²) in [5.74, 6) is 0.0319. The molecule has 0 aliphatic rings. The Labute approximate surface area is 159 Å². The van der Waals surface area contributed by atoms with Crippen LogP contribution in [0.25, 0.3) is 0 Å². The van der Waals surface area contributed by atoms with Crippen molar-refractivity contribution in [1.82, 2.24) is 9.29 Å². The predicted molar refractivity (Wildman–Crippen MR) is 105 cm³/mol. The fourth-order valence-corrected chi connectivity index (χ4v) is 4.55. The number of benzene rings is 1. The molecular weight excluding hydrogens is 370 g/mol. The van der Waals surface area contributed by atoms with Crippen LogP contribution in [0, 0.1) is 6.92 Å². The lowest BCUT2D eigenvalue weighted by Gasteiger charge is -2.21. The lowest BCUT2D eigenvalue weighted by atomic mass is 10.2. The maximum Gasteiger partial charge on any atom is 0.267 e. The first-order valence-electron chi connectivity index (χ1n) is 8.40. The van der Waals surface area contributed by atoms with Crippen molar-refractivity contribution >= 4 is 33.0 Å². The average molecular weight is 396 g/mol. The molecule has 1 amide bonds. The topological polar surface area (TPSA) is 79.4 Å². The summed E-state index contributed by atoms with van der Waals surface area (Å²) in [4.78, 5) is 17.7. The number of rotatable bonds is 6. The minimum absolute atomic E-state index is 0.135. The second-order valence-electron chi connectivity index (χ2n) is 6.71. The Hall–Kier alpha value is -1.77. The molecule has 0 unspecified atom stereocenters. The maximum atomic E-state index is 12.5. The molecule has 0 atom stereocenters. The average Bonchev–Trinajstić information content (AvgIpc) is 2.96. The lowest BCUT2D eigenvalue weighted by Crippen LogP contribution is -2.33. The summed E-state index contributed by atoms with van der Waals surface area (Å²) < 4.78 is 26.3. The summed E-state index contributed by atoms with van der Waals surface area (Å²) in [6.45, 7) is 9.51. The molecule has 26 heavy (non-hydrogen) atoms. The van der Waals surface area contributed by atoms with Crippen LogP contribution in [0.15, 0.2) is 29.2 Å². The van der Waals surface area contributed by atoms with Gasteiger partial charge in [-0.3, -0.25) is 4.79 Å². The molecule has 0 saturated heterocycles. The quantitative estimate of drug-likeness (QED) is 0.805. The van der Waals surface area contributed by atoms with E-state index in [1.165, 1.54) is 27.8 Å². The number of hydrogen-bond donors (Lipinski definition) is 1. The number of carbonyl (C=O) groups excluding carboxylic acids is 1. The van der Waals surface area contributed by atoms with Crippen molar-refractivity contribution in [3.05, 3.63) is 39.8 Å². The highest BCUT2D eigenvalue weighted by molar-refractivity contribution is 7.89. The van der Waals surface area contributed by atoms with Crippen LogP contribution in [0.2, 0.25) is 0 Å². The van der Waals surface area contributed by atoms with Gasteiger partial charge in [-0.15, -0.1) is 11.3 Å². The third-order valence-corrected chi connectivity index (χ3v) is 7.53. The maximum absolute atomic E-state index is 12.5. The summed E-state index contributed by atoms with van der Waals surface area (Å²) in [5.41, 5.74) is 1.24. The van der Waals surface area contributed by atoms with E-state index in [0.717, 1.165) is 5.01 Å². The fraction of sp³-hybridized carbons (Fsp3) is 0.444. The Balaban J connectivity index is 2.18. The molecule has 0 aliphatic carbocycles. The first-order chi connectivity index (χ1) is 12.0. The number of sulfonamides is 1. The van der Waals surface area contributed by atoms with Gasteiger partial charge in [-0.05, 0) is 45.0 Å². The second-order valence-corrected chi connectivity index (χ2v) is 9.74. The molecule has 0 radical (unpaired) electrons. The van der Waals surface area contributed by atoms with E-state index in [1.54, 1.807) is 19.2 Å². The van der Waals surface area contributed by atoms with Crippen molar-refractivity contribution in [1.29, 1.82) is 0 Å². The third-order valence-electron chi connectivity index (χ3n) is 4.03. The molecule has 1 heterocycles. The molecular formula is C18H25N3O3S2. The largest absolute Gasteiger partial charge is 0.321 e. The SMILES string of the molecule is Cc1nc(C(C)C)sc1C(=O)Nc1ccc(S(=O)(=O)N(C)C(C)C)cc1. The van der Waals surface area contributed by atoms with E-state index < -0.39 is 10.0 Å². The van der Waals surface area contributed by atoms with E-state index >= 15 is 0 Å². The van der Waals surface area contributed by atoms with Gasteiger partial charge in [-0.1, -0.05) is 13.8 Å². The molecule has 1 N–H and O–H groups in total. The molecule has 0 saturated carbocycles. The van der Waals surface area contributed by atoms with E-state index in [-0.39, 0.29) is 22.8 Å². The van der Waals surface area contributed by atoms with Gasteiger partial charge < -0.3 is 5.32 Å². The summed E-state index contributed by atoms with van der Waals surface area (Å²) in [7, 11) is -1.99. The second kappa shape index (κ2) is 7.85. The Morgan fingerprint density at radius 3 is 2.19 bits per heavy atom. The van der Waals surface area contributed by atoms with E-state index in [1.807, 2.05) is 34.6 Å². The minimum atomic E-state index is -3.54. The van der Waals surface area contributed by atoms with Gasteiger partial charge in [0.1, 0.15) is 4.88 Å². The summed E-state index contributed by atoms with van der Waals surface area (Å²) >= 11 is 1.38. The van der Waals surface area contributed by atoms with E-state index in [4.69, 9.17) is 0 Å². The summed E-state index contributed by atoms with van der Waals surface area (Å²) in [6, 6.07) is 6.06. The van der Waals surface area contributed by atoms with Crippen LogP contribution in [0.1, 0.15) is 54.0 Å². The zero-order valence-electron chi connectivity index (χ0n) is 15.9. The van der Waals surface area contributed by atoms with Crippen molar-refractivity contribution in [3.63, 3.8) is 0 Å². The third kappa shape index (κ3) is 4.31. The van der Waals surface area contributed by atoms with Crippen molar-refractivity contribution in [2.45, 2.75) is 51.5 Å². The number of nitrogens with one attached hydrogen (secondary N) is 1. The smallest absolute Gasteiger partial charge is 0.267 e. The zero-order valence-corrected chi connectivity index (χ0v) is 17.5. The van der Waals surface area contributed by atoms with E-state index in [2.05, 4.69) is 10.3 Å². The minimum Gasteiger partial charge on any atom is -0.321 e. The van der Waals surface area contributed by atoms with Gasteiger partial charge >= 0.3 is 0 Å². The molecule has 0 bridgehead atoms. The normalized spacial score (nSPS) is 12.2. The highest BCUT2D eigenvalue weighted by atomic mass is 32.2. The molecule has 6 nitrogen and oxygen atoms in total. The molecule has 0 spiro atoms. The highest BCUT2D eigenvalue weighted by Gasteiger charge is 2.23. The number of aromatic nitrogens is 1. The summed E-state index contributed by atoms with van der Waals surface area (Å²) in [6.07, 6.45) is 0. The lowest BCUT2D eigenvalue weighted by molar-refractivity contribution is 0.103. The van der Waals surface area contributed by atoms with Gasteiger partial charge in [0.05, 0.1) is 15.6 Å². The van der Waals surface area contributed by atoms with Crippen LogP contribution >= 0.6 is 11.3 Å². The predicted octanol–water partition coefficient (Wildman–Crippen LogP) is 3.86.